The standard InChI is InChI=1S/C10H17NO2/c1-9(2)6-4-7(9)10(3,12)8(5-6)11-13/h6-7,12-13H,4-5H2,1-3H3/b11-8-. The molecule has 3 rings (SSSR count). The van der Waals surface area contributed by atoms with Crippen LogP contribution in [0.4, 0.5) is 0 Å². The molecule has 0 aromatic heterocycles. The van der Waals surface area contributed by atoms with Crippen molar-refractivity contribution in [3.05, 3.63) is 0 Å². The third-order valence-corrected chi connectivity index (χ3v) is 4.29. The van der Waals surface area contributed by atoms with Crippen molar-refractivity contribution in [2.45, 2.75) is 39.2 Å². The maximum Gasteiger partial charge on any atom is 0.106 e. The van der Waals surface area contributed by atoms with Gasteiger partial charge in [0, 0.05) is 0 Å². The summed E-state index contributed by atoms with van der Waals surface area (Å²) >= 11 is 0. The lowest BCUT2D eigenvalue weighted by Crippen LogP contribution is -2.64. The Balaban J connectivity index is 2.34. The first-order valence-electron chi connectivity index (χ1n) is 4.84. The molecular weight excluding hydrogens is 166 g/mol. The van der Waals surface area contributed by atoms with Gasteiger partial charge in [0.1, 0.15) is 5.60 Å². The van der Waals surface area contributed by atoms with E-state index >= 15 is 0 Å². The van der Waals surface area contributed by atoms with Crippen molar-refractivity contribution in [3.8, 4) is 0 Å². The van der Waals surface area contributed by atoms with E-state index in [2.05, 4.69) is 19.0 Å². The van der Waals surface area contributed by atoms with E-state index < -0.39 is 5.60 Å². The third-order valence-electron chi connectivity index (χ3n) is 4.29. The molecule has 3 atom stereocenters. The van der Waals surface area contributed by atoms with Gasteiger partial charge in [0.2, 0.25) is 0 Å². The van der Waals surface area contributed by atoms with Crippen LogP contribution in [-0.2, 0) is 0 Å². The summed E-state index contributed by atoms with van der Waals surface area (Å²) in [6.45, 7) is 6.15. The topological polar surface area (TPSA) is 52.8 Å². The first-order chi connectivity index (χ1) is 5.90. The Labute approximate surface area is 78.4 Å². The summed E-state index contributed by atoms with van der Waals surface area (Å²) in [6.07, 6.45) is 1.81. The number of rotatable bonds is 0. The van der Waals surface area contributed by atoms with E-state index in [9.17, 15) is 5.11 Å². The summed E-state index contributed by atoms with van der Waals surface area (Å²) in [6, 6.07) is 0. The first kappa shape index (κ1) is 9.00. The number of aliphatic hydroxyl groups is 1. The van der Waals surface area contributed by atoms with Gasteiger partial charge in [0.25, 0.3) is 0 Å². The molecule has 3 aliphatic rings. The van der Waals surface area contributed by atoms with Crippen LogP contribution in [-0.4, -0.2) is 21.6 Å². The van der Waals surface area contributed by atoms with Crippen molar-refractivity contribution in [1.29, 1.82) is 0 Å². The molecule has 0 radical (unpaired) electrons. The van der Waals surface area contributed by atoms with Crippen LogP contribution in [0.1, 0.15) is 33.6 Å². The van der Waals surface area contributed by atoms with Gasteiger partial charge in [-0.2, -0.15) is 0 Å². The Kier molecular flexibility index (Phi) is 1.57. The fourth-order valence-electron chi connectivity index (χ4n) is 3.10. The molecule has 0 heterocycles. The highest BCUT2D eigenvalue weighted by Crippen LogP contribution is 2.61. The minimum Gasteiger partial charge on any atom is -0.411 e. The molecule has 0 spiro atoms. The normalized spacial score (nSPS) is 50.3. The van der Waals surface area contributed by atoms with Crippen LogP contribution >= 0.6 is 0 Å². The van der Waals surface area contributed by atoms with E-state index in [0.29, 0.717) is 11.6 Å². The monoisotopic (exact) mass is 183 g/mol. The van der Waals surface area contributed by atoms with Gasteiger partial charge >= 0.3 is 0 Å². The summed E-state index contributed by atoms with van der Waals surface area (Å²) < 4.78 is 0. The quantitative estimate of drug-likeness (QED) is 0.443. The predicted molar refractivity (Wildman–Crippen MR) is 49.8 cm³/mol. The smallest absolute Gasteiger partial charge is 0.106 e. The minimum absolute atomic E-state index is 0.206. The van der Waals surface area contributed by atoms with E-state index in [4.69, 9.17) is 5.21 Å². The molecule has 2 N–H and O–H groups in total. The van der Waals surface area contributed by atoms with Crippen LogP contribution in [0, 0.1) is 17.3 Å². The fraction of sp³-hybridized carbons (Fsp3) is 0.900. The lowest BCUT2D eigenvalue weighted by Gasteiger charge is -2.62. The number of hydrogen-bond acceptors (Lipinski definition) is 3. The largest absolute Gasteiger partial charge is 0.411 e. The average Bonchev–Trinajstić information content (AvgIpc) is 2.01. The Hall–Kier alpha value is -0.570. The van der Waals surface area contributed by atoms with Gasteiger partial charge in [-0.05, 0) is 37.0 Å². The van der Waals surface area contributed by atoms with Gasteiger partial charge in [0.05, 0.1) is 5.71 Å². The highest BCUT2D eigenvalue weighted by molar-refractivity contribution is 5.94. The summed E-state index contributed by atoms with van der Waals surface area (Å²) in [5.41, 5.74) is -0.127. The van der Waals surface area contributed by atoms with Crippen LogP contribution < -0.4 is 0 Å². The zero-order chi connectivity index (χ0) is 9.85. The fourth-order valence-corrected chi connectivity index (χ4v) is 3.10. The zero-order valence-electron chi connectivity index (χ0n) is 8.41. The maximum absolute atomic E-state index is 10.2. The molecule has 3 nitrogen and oxygen atoms in total. The minimum atomic E-state index is -0.896. The highest BCUT2D eigenvalue weighted by Gasteiger charge is 2.61. The molecule has 0 aliphatic heterocycles. The maximum atomic E-state index is 10.2. The van der Waals surface area contributed by atoms with Crippen LogP contribution in [0.3, 0.4) is 0 Å². The summed E-state index contributed by atoms with van der Waals surface area (Å²) in [7, 11) is 0. The number of oxime groups is 1. The second kappa shape index (κ2) is 2.27. The SMILES string of the molecule is CC1(O)/C(=N\O)CC2CC1C2(C)C. The predicted octanol–water partition coefficient (Wildman–Crippen LogP) is 1.63. The van der Waals surface area contributed by atoms with E-state index in [1.165, 1.54) is 0 Å². The van der Waals surface area contributed by atoms with E-state index in [1.54, 1.807) is 6.92 Å². The van der Waals surface area contributed by atoms with Crippen molar-refractivity contribution in [3.63, 3.8) is 0 Å². The van der Waals surface area contributed by atoms with Gasteiger partial charge in [-0.25, -0.2) is 0 Å². The number of nitrogens with zero attached hydrogens (tertiary/aromatic N) is 1. The number of fused-ring (bicyclic) bond motifs is 2. The molecule has 3 saturated carbocycles. The van der Waals surface area contributed by atoms with Crippen LogP contribution in [0.5, 0.6) is 0 Å². The van der Waals surface area contributed by atoms with Gasteiger partial charge in [0.15, 0.2) is 0 Å². The molecule has 0 amide bonds. The molecule has 74 valence electrons. The average molecular weight is 183 g/mol. The molecule has 3 fully saturated rings. The third kappa shape index (κ3) is 0.909. The van der Waals surface area contributed by atoms with Gasteiger partial charge in [-0.3, -0.25) is 0 Å². The summed E-state index contributed by atoms with van der Waals surface area (Å²) in [5.74, 6) is 0.841. The lowest BCUT2D eigenvalue weighted by atomic mass is 9.44. The van der Waals surface area contributed by atoms with Crippen molar-refractivity contribution in [2.75, 3.05) is 0 Å². The molecule has 0 aromatic carbocycles. The highest BCUT2D eigenvalue weighted by atomic mass is 16.4. The van der Waals surface area contributed by atoms with Crippen LogP contribution in [0.15, 0.2) is 5.16 Å². The van der Waals surface area contributed by atoms with Crippen LogP contribution in [0.25, 0.3) is 0 Å². The molecule has 13 heavy (non-hydrogen) atoms. The Morgan fingerprint density at radius 1 is 1.38 bits per heavy atom. The zero-order valence-corrected chi connectivity index (χ0v) is 8.41. The molecule has 2 bridgehead atoms. The Morgan fingerprint density at radius 3 is 2.38 bits per heavy atom. The summed E-state index contributed by atoms with van der Waals surface area (Å²) in [5, 5.41) is 22.2. The second-order valence-corrected chi connectivity index (χ2v) is 5.20. The van der Waals surface area contributed by atoms with E-state index in [-0.39, 0.29) is 11.3 Å². The van der Waals surface area contributed by atoms with Crippen molar-refractivity contribution in [1.82, 2.24) is 0 Å². The molecule has 0 saturated heterocycles. The molecule has 3 aliphatic carbocycles. The summed E-state index contributed by atoms with van der Waals surface area (Å²) in [4.78, 5) is 0. The van der Waals surface area contributed by atoms with E-state index in [1.807, 2.05) is 0 Å². The van der Waals surface area contributed by atoms with Crippen molar-refractivity contribution < 1.29 is 10.3 Å². The van der Waals surface area contributed by atoms with Crippen molar-refractivity contribution in [2.24, 2.45) is 22.4 Å². The lowest BCUT2D eigenvalue weighted by molar-refractivity contribution is -0.135. The van der Waals surface area contributed by atoms with Gasteiger partial charge in [-0.1, -0.05) is 19.0 Å². The second-order valence-electron chi connectivity index (χ2n) is 5.20. The van der Waals surface area contributed by atoms with Gasteiger partial charge in [-0.15, -0.1) is 0 Å². The first-order valence-corrected chi connectivity index (χ1v) is 4.84. The molecule has 0 aromatic rings. The van der Waals surface area contributed by atoms with Crippen LogP contribution in [0.2, 0.25) is 0 Å². The van der Waals surface area contributed by atoms with Gasteiger partial charge < -0.3 is 10.3 Å². The molecular formula is C10H17NO2. The Bertz CT molecular complexity index is 268. The van der Waals surface area contributed by atoms with Crippen molar-refractivity contribution >= 4 is 5.71 Å². The number of hydrogen-bond donors (Lipinski definition) is 2. The van der Waals surface area contributed by atoms with E-state index in [0.717, 1.165) is 12.8 Å². The molecule has 3 heteroatoms. The Morgan fingerprint density at radius 2 is 2.00 bits per heavy atom. The molecule has 3 unspecified atom stereocenters.